The van der Waals surface area contributed by atoms with Crippen molar-refractivity contribution >= 4 is 0 Å². The van der Waals surface area contributed by atoms with Crippen LogP contribution in [0.4, 0.5) is 0 Å². The quantitative estimate of drug-likeness (QED) is 0.766. The fourth-order valence-corrected chi connectivity index (χ4v) is 1.53. The van der Waals surface area contributed by atoms with Crippen LogP contribution in [0.15, 0.2) is 18.3 Å². The van der Waals surface area contributed by atoms with Crippen molar-refractivity contribution in [2.45, 2.75) is 33.2 Å². The standard InChI is InChI=1S/C11H18N2/c1-4-11(12-5-2)10-6-7-13-9(3)8-10/h6-8,11-12H,4-5H2,1-3H3. The first kappa shape index (κ1) is 10.2. The second-order valence-corrected chi connectivity index (χ2v) is 3.25. The molecule has 0 aliphatic heterocycles. The van der Waals surface area contributed by atoms with Crippen LogP contribution in [0, 0.1) is 6.92 Å². The SMILES string of the molecule is CCNC(CC)c1ccnc(C)c1. The van der Waals surface area contributed by atoms with Gasteiger partial charge in [0.05, 0.1) is 0 Å². The topological polar surface area (TPSA) is 24.9 Å². The average molecular weight is 178 g/mol. The van der Waals surface area contributed by atoms with Gasteiger partial charge in [0.15, 0.2) is 0 Å². The van der Waals surface area contributed by atoms with Crippen molar-refractivity contribution in [1.82, 2.24) is 10.3 Å². The number of rotatable bonds is 4. The predicted molar refractivity (Wildman–Crippen MR) is 55.7 cm³/mol. The van der Waals surface area contributed by atoms with Crippen molar-refractivity contribution in [3.8, 4) is 0 Å². The van der Waals surface area contributed by atoms with Gasteiger partial charge >= 0.3 is 0 Å². The highest BCUT2D eigenvalue weighted by Crippen LogP contribution is 2.15. The maximum atomic E-state index is 4.19. The van der Waals surface area contributed by atoms with Crippen molar-refractivity contribution in [2.75, 3.05) is 6.54 Å². The van der Waals surface area contributed by atoms with Crippen LogP contribution >= 0.6 is 0 Å². The second kappa shape index (κ2) is 4.97. The zero-order chi connectivity index (χ0) is 9.68. The maximum absolute atomic E-state index is 4.19. The molecular weight excluding hydrogens is 160 g/mol. The number of hydrogen-bond donors (Lipinski definition) is 1. The minimum Gasteiger partial charge on any atom is -0.310 e. The molecule has 13 heavy (non-hydrogen) atoms. The van der Waals surface area contributed by atoms with Crippen LogP contribution in [0.2, 0.25) is 0 Å². The molecule has 0 bridgehead atoms. The minimum atomic E-state index is 0.478. The highest BCUT2D eigenvalue weighted by atomic mass is 14.9. The van der Waals surface area contributed by atoms with Crippen molar-refractivity contribution in [2.24, 2.45) is 0 Å². The molecule has 0 spiro atoms. The molecule has 0 aliphatic rings. The van der Waals surface area contributed by atoms with Crippen LogP contribution in [-0.4, -0.2) is 11.5 Å². The molecule has 1 atom stereocenters. The maximum Gasteiger partial charge on any atom is 0.0375 e. The summed E-state index contributed by atoms with van der Waals surface area (Å²) in [4.78, 5) is 4.19. The Hall–Kier alpha value is -0.890. The Morgan fingerprint density at radius 1 is 1.46 bits per heavy atom. The summed E-state index contributed by atoms with van der Waals surface area (Å²) in [7, 11) is 0. The smallest absolute Gasteiger partial charge is 0.0375 e. The molecule has 0 aromatic carbocycles. The van der Waals surface area contributed by atoms with Crippen molar-refractivity contribution in [3.05, 3.63) is 29.6 Å². The van der Waals surface area contributed by atoms with E-state index in [1.165, 1.54) is 5.56 Å². The molecule has 0 aliphatic carbocycles. The van der Waals surface area contributed by atoms with Gasteiger partial charge in [0, 0.05) is 17.9 Å². The number of hydrogen-bond acceptors (Lipinski definition) is 2. The lowest BCUT2D eigenvalue weighted by Crippen LogP contribution is -2.20. The molecule has 2 nitrogen and oxygen atoms in total. The van der Waals surface area contributed by atoms with Gasteiger partial charge in [-0.1, -0.05) is 13.8 Å². The van der Waals surface area contributed by atoms with Crippen LogP contribution < -0.4 is 5.32 Å². The Morgan fingerprint density at radius 3 is 2.77 bits per heavy atom. The number of aromatic nitrogens is 1. The van der Waals surface area contributed by atoms with E-state index in [1.54, 1.807) is 0 Å². The Morgan fingerprint density at radius 2 is 2.23 bits per heavy atom. The summed E-state index contributed by atoms with van der Waals surface area (Å²) < 4.78 is 0. The van der Waals surface area contributed by atoms with E-state index < -0.39 is 0 Å². The summed E-state index contributed by atoms with van der Waals surface area (Å²) in [5.41, 5.74) is 2.44. The van der Waals surface area contributed by atoms with Gasteiger partial charge in [0.1, 0.15) is 0 Å². The first-order chi connectivity index (χ1) is 6.27. The Balaban J connectivity index is 2.78. The van der Waals surface area contributed by atoms with Crippen LogP contribution in [0.3, 0.4) is 0 Å². The molecule has 0 saturated carbocycles. The summed E-state index contributed by atoms with van der Waals surface area (Å²) in [5.74, 6) is 0. The van der Waals surface area contributed by atoms with Gasteiger partial charge in [-0.3, -0.25) is 4.98 Å². The van der Waals surface area contributed by atoms with Crippen LogP contribution in [0.1, 0.15) is 37.6 Å². The van der Waals surface area contributed by atoms with E-state index in [0.29, 0.717) is 6.04 Å². The molecule has 1 heterocycles. The Labute approximate surface area is 80.4 Å². The van der Waals surface area contributed by atoms with Gasteiger partial charge in [-0.2, -0.15) is 0 Å². The summed E-state index contributed by atoms with van der Waals surface area (Å²) in [6.07, 6.45) is 3.00. The van der Waals surface area contributed by atoms with Crippen LogP contribution in [0.25, 0.3) is 0 Å². The largest absolute Gasteiger partial charge is 0.310 e. The molecule has 0 saturated heterocycles. The third kappa shape index (κ3) is 2.81. The summed E-state index contributed by atoms with van der Waals surface area (Å²) in [5, 5.41) is 3.45. The van der Waals surface area contributed by atoms with Gasteiger partial charge in [0.25, 0.3) is 0 Å². The highest BCUT2D eigenvalue weighted by Gasteiger charge is 2.06. The van der Waals surface area contributed by atoms with Crippen LogP contribution in [0.5, 0.6) is 0 Å². The Bertz CT molecular complexity index is 258. The van der Waals surface area contributed by atoms with Crippen molar-refractivity contribution in [3.63, 3.8) is 0 Å². The summed E-state index contributed by atoms with van der Waals surface area (Å²) in [6, 6.07) is 4.72. The molecule has 1 aromatic heterocycles. The molecule has 1 aromatic rings. The van der Waals surface area contributed by atoms with Gasteiger partial charge in [-0.25, -0.2) is 0 Å². The number of nitrogens with zero attached hydrogens (tertiary/aromatic N) is 1. The minimum absolute atomic E-state index is 0.478. The summed E-state index contributed by atoms with van der Waals surface area (Å²) in [6.45, 7) is 7.38. The Kier molecular flexibility index (Phi) is 3.90. The lowest BCUT2D eigenvalue weighted by molar-refractivity contribution is 0.536. The number of aryl methyl sites for hydroxylation is 1. The molecule has 1 rings (SSSR count). The highest BCUT2D eigenvalue weighted by molar-refractivity contribution is 5.19. The van der Waals surface area contributed by atoms with E-state index in [1.807, 2.05) is 13.1 Å². The first-order valence-corrected chi connectivity index (χ1v) is 4.93. The van der Waals surface area contributed by atoms with E-state index >= 15 is 0 Å². The third-order valence-corrected chi connectivity index (χ3v) is 2.18. The van der Waals surface area contributed by atoms with Crippen LogP contribution in [-0.2, 0) is 0 Å². The predicted octanol–water partition coefficient (Wildman–Crippen LogP) is 2.45. The normalized spacial score (nSPS) is 12.8. The van der Waals surface area contributed by atoms with Gasteiger partial charge in [-0.05, 0) is 37.6 Å². The molecule has 0 amide bonds. The van der Waals surface area contributed by atoms with Gasteiger partial charge in [0.2, 0.25) is 0 Å². The van der Waals surface area contributed by atoms with E-state index in [0.717, 1.165) is 18.7 Å². The molecule has 0 fully saturated rings. The number of nitrogens with one attached hydrogen (secondary N) is 1. The average Bonchev–Trinajstić information content (AvgIpc) is 2.14. The van der Waals surface area contributed by atoms with Gasteiger partial charge < -0.3 is 5.32 Å². The van der Waals surface area contributed by atoms with E-state index in [9.17, 15) is 0 Å². The first-order valence-electron chi connectivity index (χ1n) is 4.93. The monoisotopic (exact) mass is 178 g/mol. The molecule has 72 valence electrons. The van der Waals surface area contributed by atoms with Crippen molar-refractivity contribution < 1.29 is 0 Å². The van der Waals surface area contributed by atoms with Crippen molar-refractivity contribution in [1.29, 1.82) is 0 Å². The summed E-state index contributed by atoms with van der Waals surface area (Å²) >= 11 is 0. The van der Waals surface area contributed by atoms with E-state index in [4.69, 9.17) is 0 Å². The lowest BCUT2D eigenvalue weighted by Gasteiger charge is -2.16. The lowest BCUT2D eigenvalue weighted by atomic mass is 10.1. The zero-order valence-electron chi connectivity index (χ0n) is 8.67. The second-order valence-electron chi connectivity index (χ2n) is 3.25. The number of pyridine rings is 1. The third-order valence-electron chi connectivity index (χ3n) is 2.18. The van der Waals surface area contributed by atoms with Gasteiger partial charge in [-0.15, -0.1) is 0 Å². The molecule has 0 radical (unpaired) electrons. The molecule has 1 N–H and O–H groups in total. The fraction of sp³-hybridized carbons (Fsp3) is 0.545. The molecule has 2 heteroatoms. The molecule has 1 unspecified atom stereocenters. The van der Waals surface area contributed by atoms with E-state index in [-0.39, 0.29) is 0 Å². The molecular formula is C11H18N2. The van der Waals surface area contributed by atoms with E-state index in [2.05, 4.69) is 36.3 Å². The fourth-order valence-electron chi connectivity index (χ4n) is 1.53. The zero-order valence-corrected chi connectivity index (χ0v) is 8.67.